The first kappa shape index (κ1) is 7.72. The maximum atomic E-state index is 10.6. The van der Waals surface area contributed by atoms with E-state index in [4.69, 9.17) is 5.53 Å². The molecule has 0 saturated heterocycles. The first-order chi connectivity index (χ1) is 4.68. The standard InChI is InChI=1S/C6H10N2OS/c1-5(9)10-6(8-7)3-2-4-6/h7H,2-4H2,1H3. The zero-order valence-electron chi connectivity index (χ0n) is 5.89. The molecule has 0 radical (unpaired) electrons. The van der Waals surface area contributed by atoms with Gasteiger partial charge in [-0.25, -0.2) is 5.53 Å². The van der Waals surface area contributed by atoms with E-state index in [0.29, 0.717) is 0 Å². The Morgan fingerprint density at radius 2 is 2.30 bits per heavy atom. The van der Waals surface area contributed by atoms with Gasteiger partial charge in [-0.15, -0.1) is 0 Å². The fraction of sp³-hybridized carbons (Fsp3) is 0.833. The van der Waals surface area contributed by atoms with Gasteiger partial charge in [0.1, 0.15) is 4.87 Å². The predicted octanol–water partition coefficient (Wildman–Crippen LogP) is 2.18. The Morgan fingerprint density at radius 3 is 2.40 bits per heavy atom. The molecule has 0 aromatic carbocycles. The zero-order chi connectivity index (χ0) is 7.61. The van der Waals surface area contributed by atoms with Gasteiger partial charge >= 0.3 is 0 Å². The highest BCUT2D eigenvalue weighted by atomic mass is 32.2. The summed E-state index contributed by atoms with van der Waals surface area (Å²) in [7, 11) is 0. The Hall–Kier alpha value is -0.380. The number of thioether (sulfide) groups is 1. The molecule has 4 heteroatoms. The van der Waals surface area contributed by atoms with Gasteiger partial charge in [0.2, 0.25) is 0 Å². The molecule has 0 heterocycles. The van der Waals surface area contributed by atoms with Crippen LogP contribution in [0.25, 0.3) is 0 Å². The van der Waals surface area contributed by atoms with Gasteiger partial charge in [-0.2, -0.15) is 5.11 Å². The minimum Gasteiger partial charge on any atom is -0.287 e. The normalized spacial score (nSPS) is 21.3. The summed E-state index contributed by atoms with van der Waals surface area (Å²) in [5.74, 6) is 0. The molecule has 0 aromatic rings. The number of nitrogens with zero attached hydrogens (tertiary/aromatic N) is 1. The van der Waals surface area contributed by atoms with E-state index in [1.807, 2.05) is 0 Å². The molecular formula is C6H10N2OS. The minimum atomic E-state index is -0.355. The van der Waals surface area contributed by atoms with Crippen molar-refractivity contribution in [3.8, 4) is 0 Å². The van der Waals surface area contributed by atoms with Gasteiger partial charge in [-0.3, -0.25) is 4.79 Å². The highest BCUT2D eigenvalue weighted by Gasteiger charge is 2.38. The molecule has 3 nitrogen and oxygen atoms in total. The van der Waals surface area contributed by atoms with Gasteiger partial charge < -0.3 is 0 Å². The lowest BCUT2D eigenvalue weighted by atomic mass is 9.93. The van der Waals surface area contributed by atoms with Crippen LogP contribution >= 0.6 is 11.8 Å². The van der Waals surface area contributed by atoms with Crippen molar-refractivity contribution in [2.45, 2.75) is 31.1 Å². The van der Waals surface area contributed by atoms with Gasteiger partial charge in [0, 0.05) is 6.92 Å². The SMILES string of the molecule is CC(=O)SC1(N=N)CCC1. The van der Waals surface area contributed by atoms with E-state index in [2.05, 4.69) is 5.11 Å². The maximum absolute atomic E-state index is 10.6. The van der Waals surface area contributed by atoms with Crippen molar-refractivity contribution in [1.82, 2.24) is 0 Å². The molecule has 0 atom stereocenters. The van der Waals surface area contributed by atoms with E-state index in [1.54, 1.807) is 0 Å². The van der Waals surface area contributed by atoms with Gasteiger partial charge in [0.25, 0.3) is 0 Å². The smallest absolute Gasteiger partial charge is 0.188 e. The lowest BCUT2D eigenvalue weighted by Crippen LogP contribution is -2.31. The van der Waals surface area contributed by atoms with Crippen LogP contribution in [0.5, 0.6) is 0 Å². The van der Waals surface area contributed by atoms with Crippen LogP contribution in [0.3, 0.4) is 0 Å². The molecule has 56 valence electrons. The molecule has 0 spiro atoms. The first-order valence-corrected chi connectivity index (χ1v) is 4.08. The van der Waals surface area contributed by atoms with Crippen LogP contribution in [0.15, 0.2) is 5.11 Å². The van der Waals surface area contributed by atoms with E-state index in [9.17, 15) is 4.79 Å². The Bertz CT molecular complexity index is 165. The molecule has 10 heavy (non-hydrogen) atoms. The van der Waals surface area contributed by atoms with Crippen molar-refractivity contribution in [3.05, 3.63) is 0 Å². The quantitative estimate of drug-likeness (QED) is 0.626. The third kappa shape index (κ3) is 1.37. The second-order valence-electron chi connectivity index (χ2n) is 2.51. The molecule has 1 N–H and O–H groups in total. The number of carbonyl (C=O) groups is 1. The molecule has 1 saturated carbocycles. The van der Waals surface area contributed by atoms with E-state index in [1.165, 1.54) is 18.7 Å². The van der Waals surface area contributed by atoms with E-state index in [-0.39, 0.29) is 9.99 Å². The maximum Gasteiger partial charge on any atom is 0.188 e. The molecule has 0 bridgehead atoms. The van der Waals surface area contributed by atoms with Crippen LogP contribution < -0.4 is 0 Å². The second kappa shape index (κ2) is 2.70. The summed E-state index contributed by atoms with van der Waals surface area (Å²) in [6, 6.07) is 0. The lowest BCUT2D eigenvalue weighted by molar-refractivity contribution is -0.109. The second-order valence-corrected chi connectivity index (χ2v) is 4.04. The van der Waals surface area contributed by atoms with Gasteiger partial charge in [0.15, 0.2) is 5.12 Å². The summed E-state index contributed by atoms with van der Waals surface area (Å²) in [5, 5.41) is 3.52. The lowest BCUT2D eigenvalue weighted by Gasteiger charge is -2.34. The molecule has 1 aliphatic rings. The van der Waals surface area contributed by atoms with Crippen molar-refractivity contribution in [2.24, 2.45) is 5.11 Å². The number of nitrogens with one attached hydrogen (secondary N) is 1. The fourth-order valence-electron chi connectivity index (χ4n) is 0.983. The Kier molecular flexibility index (Phi) is 2.08. The largest absolute Gasteiger partial charge is 0.287 e. The van der Waals surface area contributed by atoms with Crippen LogP contribution in [0.1, 0.15) is 26.2 Å². The molecule has 1 rings (SSSR count). The average molecular weight is 158 g/mol. The molecule has 0 amide bonds. The van der Waals surface area contributed by atoms with Crippen molar-refractivity contribution < 1.29 is 4.79 Å². The van der Waals surface area contributed by atoms with Crippen LogP contribution in [0.2, 0.25) is 0 Å². The molecular weight excluding hydrogens is 148 g/mol. The van der Waals surface area contributed by atoms with Crippen LogP contribution in [-0.4, -0.2) is 9.99 Å². The molecule has 1 aliphatic carbocycles. The third-order valence-corrected chi connectivity index (χ3v) is 2.84. The highest BCUT2D eigenvalue weighted by molar-refractivity contribution is 8.14. The van der Waals surface area contributed by atoms with Crippen LogP contribution in [0, 0.1) is 5.53 Å². The Balaban J connectivity index is 2.48. The number of hydrogen-bond acceptors (Lipinski definition) is 4. The van der Waals surface area contributed by atoms with Crippen molar-refractivity contribution in [3.63, 3.8) is 0 Å². The molecule has 1 fully saturated rings. The van der Waals surface area contributed by atoms with Crippen molar-refractivity contribution in [1.29, 1.82) is 5.53 Å². The Labute approximate surface area is 64.1 Å². The molecule has 0 aromatic heterocycles. The average Bonchev–Trinajstić information content (AvgIpc) is 1.78. The van der Waals surface area contributed by atoms with Crippen LogP contribution in [-0.2, 0) is 4.79 Å². The summed E-state index contributed by atoms with van der Waals surface area (Å²) < 4.78 is 0. The summed E-state index contributed by atoms with van der Waals surface area (Å²) >= 11 is 1.20. The Morgan fingerprint density at radius 1 is 1.70 bits per heavy atom. The molecule has 0 unspecified atom stereocenters. The first-order valence-electron chi connectivity index (χ1n) is 3.27. The van der Waals surface area contributed by atoms with Gasteiger partial charge in [0.05, 0.1) is 0 Å². The van der Waals surface area contributed by atoms with Gasteiger partial charge in [-0.05, 0) is 19.3 Å². The number of carbonyl (C=O) groups excluding carboxylic acids is 1. The summed E-state index contributed by atoms with van der Waals surface area (Å²) in [5.41, 5.74) is 6.85. The summed E-state index contributed by atoms with van der Waals surface area (Å²) in [6.07, 6.45) is 2.88. The minimum absolute atomic E-state index is 0.0655. The monoisotopic (exact) mass is 158 g/mol. The zero-order valence-corrected chi connectivity index (χ0v) is 6.70. The molecule has 0 aliphatic heterocycles. The topological polar surface area (TPSA) is 53.3 Å². The van der Waals surface area contributed by atoms with Crippen LogP contribution in [0.4, 0.5) is 0 Å². The summed E-state index contributed by atoms with van der Waals surface area (Å²) in [6.45, 7) is 1.52. The predicted molar refractivity (Wildman–Crippen MR) is 40.0 cm³/mol. The van der Waals surface area contributed by atoms with E-state index < -0.39 is 0 Å². The van der Waals surface area contributed by atoms with E-state index >= 15 is 0 Å². The highest BCUT2D eigenvalue weighted by Crippen LogP contribution is 2.45. The van der Waals surface area contributed by atoms with Gasteiger partial charge in [-0.1, -0.05) is 11.8 Å². The van der Waals surface area contributed by atoms with Crippen molar-refractivity contribution >= 4 is 16.9 Å². The fourth-order valence-corrected chi connectivity index (χ4v) is 2.06. The summed E-state index contributed by atoms with van der Waals surface area (Å²) in [4.78, 5) is 10.3. The van der Waals surface area contributed by atoms with Crippen molar-refractivity contribution in [2.75, 3.05) is 0 Å². The van der Waals surface area contributed by atoms with E-state index in [0.717, 1.165) is 19.3 Å². The number of rotatable bonds is 2. The third-order valence-electron chi connectivity index (χ3n) is 1.67. The number of hydrogen-bond donors (Lipinski definition) is 1.